The Bertz CT molecular complexity index is 719. The highest BCUT2D eigenvalue weighted by atomic mass is 16.3. The zero-order valence-corrected chi connectivity index (χ0v) is 15.5. The summed E-state index contributed by atoms with van der Waals surface area (Å²) in [5, 5.41) is 9.58. The summed E-state index contributed by atoms with van der Waals surface area (Å²) in [7, 11) is 0. The van der Waals surface area contributed by atoms with Crippen LogP contribution in [0.2, 0.25) is 0 Å². The molecule has 1 unspecified atom stereocenters. The van der Waals surface area contributed by atoms with E-state index in [1.54, 1.807) is 12.1 Å². The van der Waals surface area contributed by atoms with Crippen molar-refractivity contribution in [3.05, 3.63) is 102 Å². The molecule has 0 aliphatic rings. The number of phenolic OH excluding ortho intramolecular Hbond substituents is 1. The van der Waals surface area contributed by atoms with Crippen LogP contribution in [0.15, 0.2) is 84.9 Å². The number of aromatic hydroxyl groups is 1. The largest absolute Gasteiger partial charge is 0.508 e. The maximum absolute atomic E-state index is 9.58. The SMILES string of the molecule is CC(c1ccc(O)cc1)C(CCc1ccccc1)CCc1ccccc1. The third kappa shape index (κ3) is 5.23. The van der Waals surface area contributed by atoms with E-state index in [2.05, 4.69) is 79.7 Å². The Balaban J connectivity index is 1.70. The third-order valence-corrected chi connectivity index (χ3v) is 5.42. The molecule has 0 radical (unpaired) electrons. The zero-order valence-electron chi connectivity index (χ0n) is 15.5. The molecule has 1 N–H and O–H groups in total. The first-order valence-electron chi connectivity index (χ1n) is 9.59. The van der Waals surface area contributed by atoms with Crippen LogP contribution in [0, 0.1) is 5.92 Å². The van der Waals surface area contributed by atoms with E-state index in [0.29, 0.717) is 17.6 Å². The third-order valence-electron chi connectivity index (χ3n) is 5.42. The quantitative estimate of drug-likeness (QED) is 0.503. The summed E-state index contributed by atoms with van der Waals surface area (Å²) in [6.45, 7) is 2.33. The molecule has 3 aromatic carbocycles. The predicted octanol–water partition coefficient (Wildman–Crippen LogP) is 6.38. The van der Waals surface area contributed by atoms with Crippen LogP contribution in [-0.2, 0) is 12.8 Å². The summed E-state index contributed by atoms with van der Waals surface area (Å²) < 4.78 is 0. The second kappa shape index (κ2) is 9.24. The molecule has 0 aliphatic heterocycles. The van der Waals surface area contributed by atoms with Gasteiger partial charge in [-0.3, -0.25) is 0 Å². The minimum atomic E-state index is 0.339. The van der Waals surface area contributed by atoms with Crippen molar-refractivity contribution in [1.82, 2.24) is 0 Å². The smallest absolute Gasteiger partial charge is 0.115 e. The van der Waals surface area contributed by atoms with Crippen LogP contribution in [0.25, 0.3) is 0 Å². The lowest BCUT2D eigenvalue weighted by atomic mass is 9.80. The van der Waals surface area contributed by atoms with Crippen molar-refractivity contribution < 1.29 is 5.11 Å². The molecule has 26 heavy (non-hydrogen) atoms. The van der Waals surface area contributed by atoms with Crippen molar-refractivity contribution in [3.63, 3.8) is 0 Å². The number of rotatable bonds is 8. The predicted molar refractivity (Wildman–Crippen MR) is 110 cm³/mol. The molecule has 1 nitrogen and oxygen atoms in total. The monoisotopic (exact) mass is 344 g/mol. The van der Waals surface area contributed by atoms with Crippen molar-refractivity contribution in [3.8, 4) is 5.75 Å². The van der Waals surface area contributed by atoms with Crippen LogP contribution in [-0.4, -0.2) is 5.11 Å². The first-order valence-corrected chi connectivity index (χ1v) is 9.59. The first-order chi connectivity index (χ1) is 12.7. The van der Waals surface area contributed by atoms with Gasteiger partial charge in [-0.05, 0) is 66.3 Å². The molecule has 1 atom stereocenters. The van der Waals surface area contributed by atoms with E-state index in [4.69, 9.17) is 0 Å². The van der Waals surface area contributed by atoms with Crippen LogP contribution in [0.3, 0.4) is 0 Å². The van der Waals surface area contributed by atoms with Gasteiger partial charge in [0.1, 0.15) is 5.75 Å². The van der Waals surface area contributed by atoms with Crippen LogP contribution >= 0.6 is 0 Å². The molecule has 0 spiro atoms. The maximum atomic E-state index is 9.58. The summed E-state index contributed by atoms with van der Waals surface area (Å²) in [6, 6.07) is 29.3. The Morgan fingerprint density at radius 1 is 0.654 bits per heavy atom. The highest BCUT2D eigenvalue weighted by Gasteiger charge is 2.19. The molecule has 3 aromatic rings. The first kappa shape index (κ1) is 18.3. The van der Waals surface area contributed by atoms with Crippen LogP contribution in [0.5, 0.6) is 5.75 Å². The number of aryl methyl sites for hydroxylation is 2. The number of hydrogen-bond donors (Lipinski definition) is 1. The van der Waals surface area contributed by atoms with Gasteiger partial charge in [0.05, 0.1) is 0 Å². The fourth-order valence-electron chi connectivity index (χ4n) is 3.69. The van der Waals surface area contributed by atoms with Gasteiger partial charge in [0.25, 0.3) is 0 Å². The molecule has 0 bridgehead atoms. The Labute approximate surface area is 157 Å². The fourth-order valence-corrected chi connectivity index (χ4v) is 3.69. The normalized spacial score (nSPS) is 12.2. The van der Waals surface area contributed by atoms with E-state index in [1.165, 1.54) is 29.5 Å². The maximum Gasteiger partial charge on any atom is 0.115 e. The van der Waals surface area contributed by atoms with Gasteiger partial charge in [0.2, 0.25) is 0 Å². The molecule has 1 heteroatoms. The minimum absolute atomic E-state index is 0.339. The molecule has 0 aliphatic carbocycles. The second-order valence-corrected chi connectivity index (χ2v) is 7.19. The van der Waals surface area contributed by atoms with Crippen molar-refractivity contribution in [2.75, 3.05) is 0 Å². The van der Waals surface area contributed by atoms with E-state index < -0.39 is 0 Å². The Morgan fingerprint density at radius 3 is 1.58 bits per heavy atom. The topological polar surface area (TPSA) is 20.2 Å². The van der Waals surface area contributed by atoms with E-state index in [9.17, 15) is 5.11 Å². The lowest BCUT2D eigenvalue weighted by molar-refractivity contribution is 0.387. The van der Waals surface area contributed by atoms with Crippen LogP contribution in [0.1, 0.15) is 42.4 Å². The average molecular weight is 344 g/mol. The molecule has 0 fully saturated rings. The molecule has 0 heterocycles. The highest BCUT2D eigenvalue weighted by molar-refractivity contribution is 5.28. The summed E-state index contributed by atoms with van der Waals surface area (Å²) in [5.41, 5.74) is 4.14. The van der Waals surface area contributed by atoms with E-state index in [-0.39, 0.29) is 0 Å². The molecule has 0 saturated heterocycles. The average Bonchev–Trinajstić information content (AvgIpc) is 2.70. The standard InChI is InChI=1S/C25H28O/c1-20(24-16-18-25(26)19-17-24)23(14-12-21-8-4-2-5-9-21)15-13-22-10-6-3-7-11-22/h2-11,16-20,23,26H,12-15H2,1H3. The van der Waals surface area contributed by atoms with Gasteiger partial charge in [-0.15, -0.1) is 0 Å². The van der Waals surface area contributed by atoms with Crippen molar-refractivity contribution in [2.45, 2.75) is 38.5 Å². The van der Waals surface area contributed by atoms with Gasteiger partial charge in [-0.2, -0.15) is 0 Å². The van der Waals surface area contributed by atoms with Gasteiger partial charge in [-0.1, -0.05) is 79.7 Å². The molecule has 0 amide bonds. The number of benzene rings is 3. The Morgan fingerprint density at radius 2 is 1.12 bits per heavy atom. The van der Waals surface area contributed by atoms with E-state index in [0.717, 1.165) is 12.8 Å². The van der Waals surface area contributed by atoms with Crippen LogP contribution in [0.4, 0.5) is 0 Å². The molecule has 3 rings (SSSR count). The molecular weight excluding hydrogens is 316 g/mol. The van der Waals surface area contributed by atoms with Crippen molar-refractivity contribution in [1.29, 1.82) is 0 Å². The summed E-state index contributed by atoms with van der Waals surface area (Å²) in [6.07, 6.45) is 4.59. The summed E-state index contributed by atoms with van der Waals surface area (Å²) in [5.74, 6) is 1.43. The Hall–Kier alpha value is -2.54. The lowest BCUT2D eigenvalue weighted by Crippen LogP contribution is -2.13. The zero-order chi connectivity index (χ0) is 18.2. The molecule has 0 aromatic heterocycles. The fraction of sp³-hybridized carbons (Fsp3) is 0.280. The summed E-state index contributed by atoms with van der Waals surface area (Å²) in [4.78, 5) is 0. The van der Waals surface area contributed by atoms with E-state index >= 15 is 0 Å². The van der Waals surface area contributed by atoms with Crippen molar-refractivity contribution in [2.24, 2.45) is 5.92 Å². The van der Waals surface area contributed by atoms with Gasteiger partial charge in [0, 0.05) is 0 Å². The molecular formula is C25H28O. The van der Waals surface area contributed by atoms with Gasteiger partial charge < -0.3 is 5.11 Å². The second-order valence-electron chi connectivity index (χ2n) is 7.19. The number of phenols is 1. The van der Waals surface area contributed by atoms with Gasteiger partial charge in [-0.25, -0.2) is 0 Å². The summed E-state index contributed by atoms with van der Waals surface area (Å²) >= 11 is 0. The Kier molecular flexibility index (Phi) is 6.49. The molecule has 0 saturated carbocycles. The van der Waals surface area contributed by atoms with E-state index in [1.807, 2.05) is 0 Å². The minimum Gasteiger partial charge on any atom is -0.508 e. The van der Waals surface area contributed by atoms with Gasteiger partial charge >= 0.3 is 0 Å². The highest BCUT2D eigenvalue weighted by Crippen LogP contribution is 2.32. The number of hydrogen-bond acceptors (Lipinski definition) is 1. The molecule has 134 valence electrons. The van der Waals surface area contributed by atoms with Crippen molar-refractivity contribution >= 4 is 0 Å². The van der Waals surface area contributed by atoms with Crippen LogP contribution < -0.4 is 0 Å². The van der Waals surface area contributed by atoms with Gasteiger partial charge in [0.15, 0.2) is 0 Å². The lowest BCUT2D eigenvalue weighted by Gasteiger charge is -2.25.